The second-order valence-electron chi connectivity index (χ2n) is 7.84. The standard InChI is InChI=1S/C19H30N4O4/c1-19(2,3)27-18(26)22-10-12-23(13-11-22)20-16(17(24)25)14-6-8-15(9-7-14)21(4)5/h6-9,16,20H,10-13H2,1-5H3,(H,24,25). The van der Waals surface area contributed by atoms with Gasteiger partial charge in [-0.25, -0.2) is 15.2 Å². The number of carbonyl (C=O) groups excluding carboxylic acids is 1. The summed E-state index contributed by atoms with van der Waals surface area (Å²) in [5.41, 5.74) is 4.23. The number of rotatable bonds is 5. The summed E-state index contributed by atoms with van der Waals surface area (Å²) in [5, 5.41) is 11.5. The monoisotopic (exact) mass is 378 g/mol. The molecule has 1 heterocycles. The van der Waals surface area contributed by atoms with Gasteiger partial charge in [-0.1, -0.05) is 12.1 Å². The van der Waals surface area contributed by atoms with Crippen molar-refractivity contribution in [2.45, 2.75) is 32.4 Å². The molecule has 2 N–H and O–H groups in total. The Morgan fingerprint density at radius 3 is 2.11 bits per heavy atom. The lowest BCUT2D eigenvalue weighted by Gasteiger charge is -2.36. The van der Waals surface area contributed by atoms with Crippen LogP contribution in [0.3, 0.4) is 0 Å². The Morgan fingerprint density at radius 1 is 1.11 bits per heavy atom. The molecule has 0 spiro atoms. The zero-order chi connectivity index (χ0) is 20.2. The summed E-state index contributed by atoms with van der Waals surface area (Å²) in [6, 6.07) is 6.59. The molecule has 0 aliphatic carbocycles. The molecule has 1 fully saturated rings. The van der Waals surface area contributed by atoms with Crippen LogP contribution in [0.4, 0.5) is 10.5 Å². The maximum absolute atomic E-state index is 12.1. The summed E-state index contributed by atoms with van der Waals surface area (Å²) in [5.74, 6) is -0.942. The fourth-order valence-electron chi connectivity index (χ4n) is 2.76. The highest BCUT2D eigenvalue weighted by Gasteiger charge is 2.28. The highest BCUT2D eigenvalue weighted by Crippen LogP contribution is 2.19. The first-order valence-corrected chi connectivity index (χ1v) is 9.06. The van der Waals surface area contributed by atoms with Gasteiger partial charge in [0.15, 0.2) is 0 Å². The summed E-state index contributed by atoms with van der Waals surface area (Å²) in [6.45, 7) is 7.52. The minimum absolute atomic E-state index is 0.337. The van der Waals surface area contributed by atoms with Gasteiger partial charge in [-0.15, -0.1) is 0 Å². The van der Waals surface area contributed by atoms with E-state index in [1.807, 2.05) is 69.0 Å². The van der Waals surface area contributed by atoms with Gasteiger partial charge in [-0.05, 0) is 38.5 Å². The average Bonchev–Trinajstić information content (AvgIpc) is 2.58. The van der Waals surface area contributed by atoms with Crippen LogP contribution in [0.2, 0.25) is 0 Å². The van der Waals surface area contributed by atoms with Crippen LogP contribution >= 0.6 is 0 Å². The topological polar surface area (TPSA) is 85.4 Å². The van der Waals surface area contributed by atoms with Gasteiger partial charge < -0.3 is 19.6 Å². The second kappa shape index (κ2) is 8.58. The lowest BCUT2D eigenvalue weighted by atomic mass is 10.1. The Hall–Kier alpha value is -2.32. The highest BCUT2D eigenvalue weighted by molar-refractivity contribution is 5.75. The molecule has 1 unspecified atom stereocenters. The van der Waals surface area contributed by atoms with Gasteiger partial charge in [0.05, 0.1) is 0 Å². The van der Waals surface area contributed by atoms with Gasteiger partial charge in [0, 0.05) is 46.0 Å². The van der Waals surface area contributed by atoms with E-state index in [2.05, 4.69) is 5.43 Å². The number of amides is 1. The maximum Gasteiger partial charge on any atom is 0.410 e. The molecule has 27 heavy (non-hydrogen) atoms. The molecule has 1 aromatic rings. The molecule has 8 heteroatoms. The number of piperazine rings is 1. The normalized spacial score (nSPS) is 16.7. The van der Waals surface area contributed by atoms with Gasteiger partial charge in [-0.2, -0.15) is 0 Å². The molecule has 1 saturated heterocycles. The van der Waals surface area contributed by atoms with Crippen molar-refractivity contribution in [2.24, 2.45) is 0 Å². The van der Waals surface area contributed by atoms with E-state index < -0.39 is 17.6 Å². The smallest absolute Gasteiger partial charge is 0.410 e. The van der Waals surface area contributed by atoms with Crippen molar-refractivity contribution in [1.29, 1.82) is 0 Å². The Balaban J connectivity index is 1.95. The van der Waals surface area contributed by atoms with Crippen molar-refractivity contribution < 1.29 is 19.4 Å². The number of hydrogen-bond acceptors (Lipinski definition) is 6. The summed E-state index contributed by atoms with van der Waals surface area (Å²) in [4.78, 5) is 27.5. The summed E-state index contributed by atoms with van der Waals surface area (Å²) >= 11 is 0. The van der Waals surface area contributed by atoms with Gasteiger partial charge in [0.2, 0.25) is 0 Å². The summed E-state index contributed by atoms with van der Waals surface area (Å²) in [6.07, 6.45) is -0.337. The number of carboxylic acid groups (broad SMARTS) is 1. The second-order valence-corrected chi connectivity index (χ2v) is 7.84. The lowest BCUT2D eigenvalue weighted by molar-refractivity contribution is -0.141. The van der Waals surface area contributed by atoms with E-state index in [0.29, 0.717) is 31.7 Å². The van der Waals surface area contributed by atoms with E-state index >= 15 is 0 Å². The maximum atomic E-state index is 12.1. The predicted octanol–water partition coefficient (Wildman–Crippen LogP) is 1.94. The first kappa shape index (κ1) is 21.0. The van der Waals surface area contributed by atoms with E-state index in [1.165, 1.54) is 0 Å². The fourth-order valence-corrected chi connectivity index (χ4v) is 2.76. The fraction of sp³-hybridized carbons (Fsp3) is 0.579. The molecule has 1 aliphatic rings. The van der Waals surface area contributed by atoms with Gasteiger partial charge in [0.1, 0.15) is 11.6 Å². The number of benzene rings is 1. The number of carbonyl (C=O) groups is 2. The van der Waals surface area contributed by atoms with Crippen molar-refractivity contribution in [3.8, 4) is 0 Å². The van der Waals surface area contributed by atoms with Crippen LogP contribution in [0.15, 0.2) is 24.3 Å². The minimum Gasteiger partial charge on any atom is -0.480 e. The van der Waals surface area contributed by atoms with Crippen LogP contribution in [0, 0.1) is 0 Å². The Morgan fingerprint density at radius 2 is 1.67 bits per heavy atom. The number of hydrazine groups is 1. The quantitative estimate of drug-likeness (QED) is 0.810. The molecule has 1 atom stereocenters. The lowest BCUT2D eigenvalue weighted by Crippen LogP contribution is -2.55. The van der Waals surface area contributed by atoms with Gasteiger partial charge in [0.25, 0.3) is 0 Å². The number of hydrogen-bond donors (Lipinski definition) is 2. The minimum atomic E-state index is -0.942. The van der Waals surface area contributed by atoms with Gasteiger partial charge in [-0.3, -0.25) is 4.79 Å². The third-order valence-corrected chi connectivity index (χ3v) is 4.23. The van der Waals surface area contributed by atoms with E-state index in [0.717, 1.165) is 5.69 Å². The molecule has 1 aromatic carbocycles. The van der Waals surface area contributed by atoms with Crippen molar-refractivity contribution in [3.63, 3.8) is 0 Å². The Kier molecular flexibility index (Phi) is 6.67. The van der Waals surface area contributed by atoms with E-state index in [-0.39, 0.29) is 6.09 Å². The van der Waals surface area contributed by atoms with Crippen LogP contribution in [-0.2, 0) is 9.53 Å². The number of aliphatic carboxylic acids is 1. The molecule has 1 amide bonds. The Bertz CT molecular complexity index is 647. The SMILES string of the molecule is CN(C)c1ccc(C(NN2CCN(C(=O)OC(C)(C)C)CC2)C(=O)O)cc1. The number of ether oxygens (including phenoxy) is 1. The number of anilines is 1. The summed E-state index contributed by atoms with van der Waals surface area (Å²) < 4.78 is 5.38. The highest BCUT2D eigenvalue weighted by atomic mass is 16.6. The zero-order valence-electron chi connectivity index (χ0n) is 16.7. The van der Waals surface area contributed by atoms with Crippen molar-refractivity contribution in [2.75, 3.05) is 45.2 Å². The number of carboxylic acids is 1. The molecular weight excluding hydrogens is 348 g/mol. The molecule has 8 nitrogen and oxygen atoms in total. The van der Waals surface area contributed by atoms with Crippen LogP contribution < -0.4 is 10.3 Å². The molecular formula is C19H30N4O4. The third-order valence-electron chi connectivity index (χ3n) is 4.23. The van der Waals surface area contributed by atoms with E-state index in [1.54, 1.807) is 4.90 Å². The van der Waals surface area contributed by atoms with Crippen molar-refractivity contribution in [3.05, 3.63) is 29.8 Å². The molecule has 0 radical (unpaired) electrons. The van der Waals surface area contributed by atoms with Crippen LogP contribution in [0.5, 0.6) is 0 Å². The first-order chi connectivity index (χ1) is 12.6. The van der Waals surface area contributed by atoms with Crippen LogP contribution in [0.1, 0.15) is 32.4 Å². The molecule has 0 saturated carbocycles. The number of nitrogens with one attached hydrogen (secondary N) is 1. The molecule has 0 bridgehead atoms. The average molecular weight is 378 g/mol. The van der Waals surface area contributed by atoms with Crippen LogP contribution in [-0.4, -0.2) is 73.0 Å². The largest absolute Gasteiger partial charge is 0.480 e. The summed E-state index contributed by atoms with van der Waals surface area (Å²) in [7, 11) is 3.87. The van der Waals surface area contributed by atoms with E-state index in [4.69, 9.17) is 4.74 Å². The predicted molar refractivity (Wildman–Crippen MR) is 104 cm³/mol. The van der Waals surface area contributed by atoms with Crippen molar-refractivity contribution >= 4 is 17.7 Å². The third kappa shape index (κ3) is 6.11. The van der Waals surface area contributed by atoms with E-state index in [9.17, 15) is 14.7 Å². The first-order valence-electron chi connectivity index (χ1n) is 9.06. The molecule has 2 rings (SSSR count). The molecule has 0 aromatic heterocycles. The zero-order valence-corrected chi connectivity index (χ0v) is 16.7. The van der Waals surface area contributed by atoms with Crippen LogP contribution in [0.25, 0.3) is 0 Å². The van der Waals surface area contributed by atoms with Gasteiger partial charge >= 0.3 is 12.1 Å². The Labute approximate surface area is 160 Å². The molecule has 1 aliphatic heterocycles. The van der Waals surface area contributed by atoms with Crippen molar-refractivity contribution in [1.82, 2.24) is 15.3 Å². The molecule has 150 valence electrons. The number of nitrogens with zero attached hydrogens (tertiary/aromatic N) is 3.